The molecule has 1 aromatic heterocycles. The van der Waals surface area contributed by atoms with E-state index in [9.17, 15) is 4.79 Å². The number of halogens is 1. The zero-order valence-corrected chi connectivity index (χ0v) is 12.0. The minimum absolute atomic E-state index is 0.0295. The molecule has 3 rings (SSSR count). The van der Waals surface area contributed by atoms with Crippen LogP contribution in [0.3, 0.4) is 0 Å². The molecule has 0 saturated carbocycles. The Hall–Kier alpha value is -2.39. The van der Waals surface area contributed by atoms with Crippen molar-refractivity contribution in [2.45, 2.75) is 6.54 Å². The van der Waals surface area contributed by atoms with Crippen LogP contribution in [0.1, 0.15) is 10.4 Å². The second-order valence-corrected chi connectivity index (χ2v) is 5.11. The Morgan fingerprint density at radius 2 is 1.76 bits per heavy atom. The summed E-state index contributed by atoms with van der Waals surface area (Å²) >= 11 is 5.84. The second kappa shape index (κ2) is 5.94. The van der Waals surface area contributed by atoms with Gasteiger partial charge in [-0.05, 0) is 24.3 Å². The molecule has 0 atom stereocenters. The number of aromatic nitrogens is 2. The van der Waals surface area contributed by atoms with Crippen LogP contribution in [-0.2, 0) is 6.54 Å². The van der Waals surface area contributed by atoms with Crippen molar-refractivity contribution in [2.24, 2.45) is 0 Å². The maximum Gasteiger partial charge on any atom is 0.182 e. The molecule has 3 nitrogen and oxygen atoms in total. The molecular formula is C17H13ClN2O. The Labute approximate surface area is 127 Å². The average Bonchev–Trinajstić information content (AvgIpc) is 2.97. The largest absolute Gasteiger partial charge is 0.323 e. The maximum atomic E-state index is 12.3. The third-order valence-corrected chi connectivity index (χ3v) is 3.48. The summed E-state index contributed by atoms with van der Waals surface area (Å²) in [6.07, 6.45) is 3.52. The van der Waals surface area contributed by atoms with Gasteiger partial charge in [-0.25, -0.2) is 4.98 Å². The molecule has 3 aromatic rings. The van der Waals surface area contributed by atoms with Gasteiger partial charge in [0.05, 0.1) is 6.54 Å². The van der Waals surface area contributed by atoms with E-state index in [1.165, 1.54) is 0 Å². The average molecular weight is 297 g/mol. The van der Waals surface area contributed by atoms with Gasteiger partial charge >= 0.3 is 0 Å². The van der Waals surface area contributed by atoms with Gasteiger partial charge in [0.2, 0.25) is 0 Å². The summed E-state index contributed by atoms with van der Waals surface area (Å²) in [5, 5.41) is 0.624. The number of carbonyl (C=O) groups excluding carboxylic acids is 1. The van der Waals surface area contributed by atoms with Gasteiger partial charge < -0.3 is 4.57 Å². The Bertz CT molecular complexity index is 748. The molecular weight excluding hydrogens is 284 g/mol. The summed E-state index contributed by atoms with van der Waals surface area (Å²) in [6, 6.07) is 16.7. The molecule has 0 aliphatic rings. The lowest BCUT2D eigenvalue weighted by Gasteiger charge is -2.07. The number of ketones is 1. The Morgan fingerprint density at radius 1 is 1.05 bits per heavy atom. The lowest BCUT2D eigenvalue weighted by atomic mass is 10.1. The highest BCUT2D eigenvalue weighted by Crippen LogP contribution is 2.18. The second-order valence-electron chi connectivity index (χ2n) is 4.67. The van der Waals surface area contributed by atoms with Crippen molar-refractivity contribution < 1.29 is 4.79 Å². The molecule has 0 saturated heterocycles. The Morgan fingerprint density at radius 3 is 2.48 bits per heavy atom. The molecule has 0 unspecified atom stereocenters. The van der Waals surface area contributed by atoms with Gasteiger partial charge in [-0.15, -0.1) is 0 Å². The Balaban J connectivity index is 1.85. The number of carbonyl (C=O) groups is 1. The van der Waals surface area contributed by atoms with Gasteiger partial charge in [-0.2, -0.15) is 0 Å². The van der Waals surface area contributed by atoms with Crippen LogP contribution < -0.4 is 0 Å². The number of Topliss-reactive ketones (excluding diaryl/α,β-unsaturated/α-hetero) is 1. The first kappa shape index (κ1) is 13.6. The molecule has 21 heavy (non-hydrogen) atoms. The van der Waals surface area contributed by atoms with Crippen LogP contribution in [-0.4, -0.2) is 15.3 Å². The van der Waals surface area contributed by atoms with Crippen LogP contribution >= 0.6 is 11.6 Å². The minimum atomic E-state index is 0.0295. The van der Waals surface area contributed by atoms with Crippen LogP contribution in [0, 0.1) is 0 Å². The fourth-order valence-corrected chi connectivity index (χ4v) is 2.29. The molecule has 2 aromatic carbocycles. The zero-order chi connectivity index (χ0) is 14.7. The highest BCUT2D eigenvalue weighted by molar-refractivity contribution is 6.30. The first-order valence-electron chi connectivity index (χ1n) is 6.59. The van der Waals surface area contributed by atoms with Crippen molar-refractivity contribution in [2.75, 3.05) is 0 Å². The predicted molar refractivity (Wildman–Crippen MR) is 83.4 cm³/mol. The lowest BCUT2D eigenvalue weighted by Crippen LogP contribution is -2.10. The zero-order valence-electron chi connectivity index (χ0n) is 11.2. The van der Waals surface area contributed by atoms with Crippen LogP contribution in [0.4, 0.5) is 0 Å². The molecule has 4 heteroatoms. The molecule has 0 fully saturated rings. The molecule has 0 amide bonds. The van der Waals surface area contributed by atoms with E-state index < -0.39 is 0 Å². The van der Waals surface area contributed by atoms with E-state index in [2.05, 4.69) is 4.98 Å². The van der Waals surface area contributed by atoms with Crippen LogP contribution in [0.25, 0.3) is 11.4 Å². The number of imidazole rings is 1. The minimum Gasteiger partial charge on any atom is -0.323 e. The van der Waals surface area contributed by atoms with Crippen molar-refractivity contribution in [1.82, 2.24) is 9.55 Å². The van der Waals surface area contributed by atoms with E-state index >= 15 is 0 Å². The predicted octanol–water partition coefficient (Wildman–Crippen LogP) is 4.09. The SMILES string of the molecule is O=C(Cn1ccnc1-c1ccccc1)c1ccc(Cl)cc1. The lowest BCUT2D eigenvalue weighted by molar-refractivity contribution is 0.0972. The normalized spacial score (nSPS) is 10.5. The standard InChI is InChI=1S/C17H13ClN2O/c18-15-8-6-13(7-9-15)16(21)12-20-11-10-19-17(20)14-4-2-1-3-5-14/h1-11H,12H2. The quantitative estimate of drug-likeness (QED) is 0.680. The van der Waals surface area contributed by atoms with E-state index in [0.29, 0.717) is 10.6 Å². The van der Waals surface area contributed by atoms with E-state index in [1.807, 2.05) is 41.1 Å². The summed E-state index contributed by atoms with van der Waals surface area (Å²) in [6.45, 7) is 0.256. The highest BCUT2D eigenvalue weighted by atomic mass is 35.5. The van der Waals surface area contributed by atoms with Crippen molar-refractivity contribution in [3.05, 3.63) is 77.6 Å². The van der Waals surface area contributed by atoms with E-state index in [4.69, 9.17) is 11.6 Å². The van der Waals surface area contributed by atoms with E-state index in [-0.39, 0.29) is 12.3 Å². The smallest absolute Gasteiger partial charge is 0.182 e. The summed E-state index contributed by atoms with van der Waals surface area (Å²) < 4.78 is 1.85. The number of rotatable bonds is 4. The van der Waals surface area contributed by atoms with Crippen molar-refractivity contribution >= 4 is 17.4 Å². The first-order chi connectivity index (χ1) is 10.2. The number of benzene rings is 2. The van der Waals surface area contributed by atoms with E-state index in [0.717, 1.165) is 11.4 Å². The van der Waals surface area contributed by atoms with Gasteiger partial charge in [-0.1, -0.05) is 41.9 Å². The van der Waals surface area contributed by atoms with Crippen molar-refractivity contribution in [1.29, 1.82) is 0 Å². The fraction of sp³-hybridized carbons (Fsp3) is 0.0588. The van der Waals surface area contributed by atoms with Gasteiger partial charge in [0.1, 0.15) is 5.82 Å². The molecule has 0 aliphatic heterocycles. The molecule has 0 aliphatic carbocycles. The van der Waals surface area contributed by atoms with Gasteiger partial charge in [0.15, 0.2) is 5.78 Å². The summed E-state index contributed by atoms with van der Waals surface area (Å²) in [5.74, 6) is 0.819. The molecule has 0 N–H and O–H groups in total. The number of hydrogen-bond acceptors (Lipinski definition) is 2. The fourth-order valence-electron chi connectivity index (χ4n) is 2.17. The summed E-state index contributed by atoms with van der Waals surface area (Å²) in [5.41, 5.74) is 1.64. The molecule has 104 valence electrons. The first-order valence-corrected chi connectivity index (χ1v) is 6.97. The maximum absolute atomic E-state index is 12.3. The van der Waals surface area contributed by atoms with Crippen molar-refractivity contribution in [3.8, 4) is 11.4 Å². The topological polar surface area (TPSA) is 34.9 Å². The molecule has 1 heterocycles. The van der Waals surface area contributed by atoms with Crippen LogP contribution in [0.5, 0.6) is 0 Å². The summed E-state index contributed by atoms with van der Waals surface area (Å²) in [4.78, 5) is 16.7. The van der Waals surface area contributed by atoms with Gasteiger partial charge in [0, 0.05) is 28.5 Å². The summed E-state index contributed by atoms with van der Waals surface area (Å²) in [7, 11) is 0. The number of hydrogen-bond donors (Lipinski definition) is 0. The van der Waals surface area contributed by atoms with Gasteiger partial charge in [0.25, 0.3) is 0 Å². The molecule has 0 radical (unpaired) electrons. The molecule has 0 bridgehead atoms. The number of nitrogens with zero attached hydrogens (tertiary/aromatic N) is 2. The Kier molecular flexibility index (Phi) is 3.84. The van der Waals surface area contributed by atoms with Crippen LogP contribution in [0.2, 0.25) is 5.02 Å². The third kappa shape index (κ3) is 3.03. The third-order valence-electron chi connectivity index (χ3n) is 3.23. The monoisotopic (exact) mass is 296 g/mol. The van der Waals surface area contributed by atoms with Gasteiger partial charge in [-0.3, -0.25) is 4.79 Å². The van der Waals surface area contributed by atoms with Crippen LogP contribution in [0.15, 0.2) is 67.0 Å². The van der Waals surface area contributed by atoms with Crippen molar-refractivity contribution in [3.63, 3.8) is 0 Å². The highest BCUT2D eigenvalue weighted by Gasteiger charge is 2.11. The molecule has 0 spiro atoms. The van der Waals surface area contributed by atoms with E-state index in [1.54, 1.807) is 30.5 Å².